The van der Waals surface area contributed by atoms with Gasteiger partial charge in [0.05, 0.1) is 23.4 Å². The quantitative estimate of drug-likeness (QED) is 0.563. The lowest BCUT2D eigenvalue weighted by atomic mass is 10.0. The number of halogens is 3. The van der Waals surface area contributed by atoms with Crippen LogP contribution >= 0.6 is 0 Å². The second-order valence-electron chi connectivity index (χ2n) is 8.49. The molecule has 1 aliphatic carbocycles. The number of nitroso groups, excluding NO2 is 1. The average Bonchev–Trinajstić information content (AvgIpc) is 3.49. The minimum absolute atomic E-state index is 0.0384. The maximum atomic E-state index is 13.0. The minimum atomic E-state index is -4.39. The number of carbonyl (C=O) groups is 1. The Balaban J connectivity index is 1.56. The number of alkyl halides is 3. The highest BCUT2D eigenvalue weighted by molar-refractivity contribution is 5.86. The highest BCUT2D eigenvalue weighted by atomic mass is 19.4. The van der Waals surface area contributed by atoms with Gasteiger partial charge in [0.15, 0.2) is 6.17 Å². The summed E-state index contributed by atoms with van der Waals surface area (Å²) in [4.78, 5) is 27.6. The van der Waals surface area contributed by atoms with E-state index >= 15 is 0 Å². The van der Waals surface area contributed by atoms with Crippen molar-refractivity contribution in [1.82, 2.24) is 10.3 Å². The van der Waals surface area contributed by atoms with Crippen molar-refractivity contribution >= 4 is 11.6 Å². The number of carbonyl (C=O) groups excluding carboxylic acids is 1. The van der Waals surface area contributed by atoms with Crippen LogP contribution in [-0.2, 0) is 11.0 Å². The predicted molar refractivity (Wildman–Crippen MR) is 105 cm³/mol. The van der Waals surface area contributed by atoms with E-state index in [-0.39, 0.29) is 24.0 Å². The molecule has 1 aromatic rings. The van der Waals surface area contributed by atoms with Gasteiger partial charge >= 0.3 is 6.18 Å². The summed E-state index contributed by atoms with van der Waals surface area (Å²) in [5.74, 6) is 0.281. The highest BCUT2D eigenvalue weighted by Crippen LogP contribution is 2.40. The molecule has 1 amide bonds. The third-order valence-corrected chi connectivity index (χ3v) is 6.23. The molecule has 1 aromatic carbocycles. The van der Waals surface area contributed by atoms with Gasteiger partial charge in [-0.2, -0.15) is 13.2 Å². The number of amides is 1. The van der Waals surface area contributed by atoms with Crippen LogP contribution in [0.3, 0.4) is 0 Å². The lowest BCUT2D eigenvalue weighted by molar-refractivity contribution is -0.718. The number of nitrogens with one attached hydrogen (secondary N) is 1. The van der Waals surface area contributed by atoms with Gasteiger partial charge in [-0.05, 0) is 49.1 Å². The standard InChI is InChI=1S/C21H25F3N4O2/c1-2-19(29)25-11-15-12-26(17-7-5-16(6-8-17)21(22,23)24)20-10-18(9-14-3-4-14)28(30)27(20)13-15/h2,5-8,14-15,18,20H,1,3-4,9-13H2/p+1. The Morgan fingerprint density at radius 2 is 1.90 bits per heavy atom. The molecule has 1 N–H and O–H groups in total. The maximum Gasteiger partial charge on any atom is 0.416 e. The maximum absolute atomic E-state index is 13.0. The number of rotatable bonds is 6. The molecule has 3 fully saturated rings. The lowest BCUT2D eigenvalue weighted by Crippen LogP contribution is -2.58. The smallest absolute Gasteiger partial charge is 0.352 e. The number of nitrogens with zero attached hydrogens (tertiary/aromatic N) is 3. The van der Waals surface area contributed by atoms with Gasteiger partial charge < -0.3 is 10.2 Å². The zero-order chi connectivity index (χ0) is 21.5. The Hall–Kier alpha value is -2.58. The Labute approximate surface area is 173 Å². The van der Waals surface area contributed by atoms with E-state index in [1.807, 2.05) is 4.90 Å². The number of hydrogen-bond acceptors (Lipinski definition) is 3. The van der Waals surface area contributed by atoms with E-state index in [9.17, 15) is 22.9 Å². The Bertz CT molecular complexity index is 823. The van der Waals surface area contributed by atoms with E-state index in [4.69, 9.17) is 0 Å². The number of benzene rings is 1. The van der Waals surface area contributed by atoms with Crippen molar-refractivity contribution < 1.29 is 22.8 Å². The third kappa shape index (κ3) is 4.29. The van der Waals surface area contributed by atoms with E-state index in [0.29, 0.717) is 37.7 Å². The molecule has 0 radical (unpaired) electrons. The molecule has 3 unspecified atom stereocenters. The van der Waals surface area contributed by atoms with E-state index in [1.165, 1.54) is 18.2 Å². The van der Waals surface area contributed by atoms with Crippen molar-refractivity contribution in [3.63, 3.8) is 0 Å². The first-order chi connectivity index (χ1) is 14.3. The van der Waals surface area contributed by atoms with Crippen molar-refractivity contribution in [2.24, 2.45) is 11.8 Å². The van der Waals surface area contributed by atoms with Crippen molar-refractivity contribution in [3.05, 3.63) is 47.4 Å². The van der Waals surface area contributed by atoms with Crippen LogP contribution in [0, 0.1) is 16.7 Å². The van der Waals surface area contributed by atoms with Gasteiger partial charge in [0.1, 0.15) is 4.87 Å². The van der Waals surface area contributed by atoms with Crippen LogP contribution < -0.4 is 10.2 Å². The fourth-order valence-corrected chi connectivity index (χ4v) is 4.50. The molecular weight excluding hydrogens is 397 g/mol. The molecule has 30 heavy (non-hydrogen) atoms. The number of hydrazine groups is 1. The first-order valence-corrected chi connectivity index (χ1v) is 10.3. The van der Waals surface area contributed by atoms with Crippen molar-refractivity contribution in [3.8, 4) is 0 Å². The van der Waals surface area contributed by atoms with E-state index < -0.39 is 11.7 Å². The Morgan fingerprint density at radius 1 is 1.20 bits per heavy atom. The summed E-state index contributed by atoms with van der Waals surface area (Å²) in [6.07, 6.45) is 0.456. The largest absolute Gasteiger partial charge is 0.416 e. The van der Waals surface area contributed by atoms with Gasteiger partial charge in [0.2, 0.25) is 11.9 Å². The first kappa shape index (κ1) is 20.7. The number of hydrogen-bond donors (Lipinski definition) is 1. The van der Waals surface area contributed by atoms with Crippen LogP contribution in [0.4, 0.5) is 18.9 Å². The van der Waals surface area contributed by atoms with Crippen molar-refractivity contribution in [2.75, 3.05) is 24.5 Å². The van der Waals surface area contributed by atoms with Crippen LogP contribution in [0.15, 0.2) is 36.9 Å². The first-order valence-electron chi connectivity index (χ1n) is 10.3. The molecule has 0 spiro atoms. The second-order valence-corrected chi connectivity index (χ2v) is 8.49. The summed E-state index contributed by atoms with van der Waals surface area (Å²) >= 11 is 0. The zero-order valence-electron chi connectivity index (χ0n) is 16.6. The van der Waals surface area contributed by atoms with E-state index in [0.717, 1.165) is 36.3 Å². The van der Waals surface area contributed by atoms with Crippen LogP contribution in [-0.4, -0.2) is 47.6 Å². The summed E-state index contributed by atoms with van der Waals surface area (Å²) in [6.45, 7) is 4.86. The van der Waals surface area contributed by atoms with Crippen LogP contribution in [0.5, 0.6) is 0 Å². The molecule has 2 heterocycles. The molecule has 0 aromatic heterocycles. The van der Waals surface area contributed by atoms with Gasteiger partial charge in [-0.25, -0.2) is 0 Å². The fraction of sp³-hybridized carbons (Fsp3) is 0.571. The summed E-state index contributed by atoms with van der Waals surface area (Å²) in [5.41, 5.74) is -0.0448. The number of anilines is 1. The summed E-state index contributed by atoms with van der Waals surface area (Å²) in [5, 5.41) is 4.55. The molecule has 0 bridgehead atoms. The molecule has 9 heteroatoms. The highest BCUT2D eigenvalue weighted by Gasteiger charge is 2.54. The molecule has 4 rings (SSSR count). The molecule has 1 saturated carbocycles. The predicted octanol–water partition coefficient (Wildman–Crippen LogP) is 3.34. The molecular formula is C21H26F3N4O2+. The third-order valence-electron chi connectivity index (χ3n) is 6.23. The average molecular weight is 423 g/mol. The Kier molecular flexibility index (Phi) is 5.46. The van der Waals surface area contributed by atoms with Crippen LogP contribution in [0.2, 0.25) is 0 Å². The monoisotopic (exact) mass is 423 g/mol. The molecule has 2 aliphatic heterocycles. The van der Waals surface area contributed by atoms with E-state index in [2.05, 4.69) is 11.9 Å². The van der Waals surface area contributed by atoms with Crippen LogP contribution in [0.25, 0.3) is 0 Å². The van der Waals surface area contributed by atoms with Gasteiger partial charge in [0.25, 0.3) is 0 Å². The summed E-state index contributed by atoms with van der Waals surface area (Å²) in [6, 6.07) is 4.98. The molecule has 6 nitrogen and oxygen atoms in total. The molecule has 2 saturated heterocycles. The normalized spacial score (nSPS) is 26.5. The Morgan fingerprint density at radius 3 is 2.50 bits per heavy atom. The molecule has 162 valence electrons. The van der Waals surface area contributed by atoms with Crippen LogP contribution in [0.1, 0.15) is 31.2 Å². The molecule has 3 atom stereocenters. The topological polar surface area (TPSA) is 55.7 Å². The zero-order valence-corrected chi connectivity index (χ0v) is 16.6. The van der Waals surface area contributed by atoms with Crippen molar-refractivity contribution in [2.45, 2.75) is 44.1 Å². The van der Waals surface area contributed by atoms with Gasteiger partial charge in [-0.3, -0.25) is 4.79 Å². The number of fused-ring (bicyclic) bond motifs is 1. The molecule has 3 aliphatic rings. The minimum Gasteiger partial charge on any atom is -0.352 e. The fourth-order valence-electron chi connectivity index (χ4n) is 4.50. The van der Waals surface area contributed by atoms with E-state index in [1.54, 1.807) is 5.01 Å². The summed E-state index contributed by atoms with van der Waals surface area (Å²) in [7, 11) is 0. The second kappa shape index (κ2) is 7.92. The SMILES string of the molecule is C=CC(=O)NCC1CN(c2ccc(C(F)(F)F)cc2)C2CC(CC3CC3)[N+](=O)N2C1. The van der Waals surface area contributed by atoms with Gasteiger partial charge in [0, 0.05) is 31.1 Å². The van der Waals surface area contributed by atoms with Gasteiger partial charge in [-0.1, -0.05) is 6.58 Å². The van der Waals surface area contributed by atoms with Gasteiger partial charge in [-0.15, -0.1) is 5.01 Å². The summed E-state index contributed by atoms with van der Waals surface area (Å²) < 4.78 is 38.9. The lowest BCUT2D eigenvalue weighted by Gasteiger charge is -2.40. The van der Waals surface area contributed by atoms with Crippen molar-refractivity contribution in [1.29, 1.82) is 0 Å².